The zero-order valence-electron chi connectivity index (χ0n) is 14.4. The largest absolute Gasteiger partial charge is 0.367 e. The maximum atomic E-state index is 12.8. The monoisotopic (exact) mass is 334 g/mol. The SMILES string of the molecule is Cn1nc2c(c1NC(=O)c1c[nH]cc1Cc1ccccc1)CCCC2. The molecule has 0 saturated carbocycles. The minimum atomic E-state index is -0.0800. The van der Waals surface area contributed by atoms with E-state index in [0.717, 1.165) is 42.8 Å². The first kappa shape index (κ1) is 15.7. The molecule has 5 heteroatoms. The zero-order valence-corrected chi connectivity index (χ0v) is 14.4. The third-order valence-electron chi connectivity index (χ3n) is 4.86. The standard InChI is InChI=1S/C20H22N4O/c1-24-19(16-9-5-6-10-18(16)23-24)22-20(25)17-13-21-12-15(17)11-14-7-3-2-4-8-14/h2-4,7-8,12-13,21H,5-6,9-11H2,1H3,(H,22,25). The average Bonchev–Trinajstić information content (AvgIpc) is 3.21. The number of amides is 1. The smallest absolute Gasteiger partial charge is 0.258 e. The van der Waals surface area contributed by atoms with E-state index >= 15 is 0 Å². The van der Waals surface area contributed by atoms with Gasteiger partial charge in [-0.3, -0.25) is 9.48 Å². The first-order valence-electron chi connectivity index (χ1n) is 8.78. The number of carbonyl (C=O) groups excluding carboxylic acids is 1. The molecule has 2 N–H and O–H groups in total. The third kappa shape index (κ3) is 3.09. The minimum Gasteiger partial charge on any atom is -0.367 e. The molecule has 1 aliphatic rings. The number of carbonyl (C=O) groups is 1. The molecule has 0 aliphatic heterocycles. The van der Waals surface area contributed by atoms with E-state index < -0.39 is 0 Å². The van der Waals surface area contributed by atoms with Crippen LogP contribution in [0.4, 0.5) is 5.82 Å². The Labute approximate surface area is 147 Å². The number of benzene rings is 1. The molecule has 0 atom stereocenters. The van der Waals surface area contributed by atoms with Crippen LogP contribution in [0.15, 0.2) is 42.7 Å². The fourth-order valence-electron chi connectivity index (χ4n) is 3.58. The van der Waals surface area contributed by atoms with Crippen molar-refractivity contribution in [1.82, 2.24) is 14.8 Å². The summed E-state index contributed by atoms with van der Waals surface area (Å²) in [6.45, 7) is 0. The predicted molar refractivity (Wildman–Crippen MR) is 97.8 cm³/mol. The van der Waals surface area contributed by atoms with Crippen molar-refractivity contribution in [1.29, 1.82) is 0 Å². The number of hydrogen-bond acceptors (Lipinski definition) is 2. The highest BCUT2D eigenvalue weighted by Gasteiger charge is 2.22. The first-order chi connectivity index (χ1) is 12.2. The van der Waals surface area contributed by atoms with Gasteiger partial charge in [0.05, 0.1) is 11.3 Å². The molecule has 1 aromatic carbocycles. The van der Waals surface area contributed by atoms with Gasteiger partial charge in [0, 0.05) is 25.0 Å². The summed E-state index contributed by atoms with van der Waals surface area (Å²) in [6, 6.07) is 10.2. The average molecular weight is 334 g/mol. The molecule has 0 bridgehead atoms. The summed E-state index contributed by atoms with van der Waals surface area (Å²) in [6.07, 6.45) is 8.74. The minimum absolute atomic E-state index is 0.0800. The van der Waals surface area contributed by atoms with E-state index in [9.17, 15) is 4.79 Å². The predicted octanol–water partition coefficient (Wildman–Crippen LogP) is 3.47. The molecule has 1 amide bonds. The lowest BCUT2D eigenvalue weighted by Gasteiger charge is -2.12. The molecule has 2 heterocycles. The number of fused-ring (bicyclic) bond motifs is 1. The summed E-state index contributed by atoms with van der Waals surface area (Å²) in [7, 11) is 1.90. The highest BCUT2D eigenvalue weighted by molar-refractivity contribution is 6.05. The van der Waals surface area contributed by atoms with Crippen LogP contribution in [-0.2, 0) is 26.3 Å². The lowest BCUT2D eigenvalue weighted by molar-refractivity contribution is 0.102. The molecule has 128 valence electrons. The van der Waals surface area contributed by atoms with Crippen molar-refractivity contribution in [3.63, 3.8) is 0 Å². The van der Waals surface area contributed by atoms with Crippen molar-refractivity contribution in [3.05, 3.63) is 70.7 Å². The van der Waals surface area contributed by atoms with Gasteiger partial charge in [0.25, 0.3) is 5.91 Å². The molecular formula is C20H22N4O. The van der Waals surface area contributed by atoms with Crippen LogP contribution in [0, 0.1) is 0 Å². The van der Waals surface area contributed by atoms with Gasteiger partial charge in [-0.25, -0.2) is 0 Å². The van der Waals surface area contributed by atoms with Gasteiger partial charge in [-0.2, -0.15) is 5.10 Å². The number of anilines is 1. The molecule has 0 saturated heterocycles. The Morgan fingerprint density at radius 2 is 2.00 bits per heavy atom. The fraction of sp³-hybridized carbons (Fsp3) is 0.300. The van der Waals surface area contributed by atoms with E-state index in [1.165, 1.54) is 17.5 Å². The van der Waals surface area contributed by atoms with E-state index in [1.807, 2.05) is 31.4 Å². The van der Waals surface area contributed by atoms with Crippen molar-refractivity contribution >= 4 is 11.7 Å². The molecule has 0 spiro atoms. The fourth-order valence-corrected chi connectivity index (χ4v) is 3.58. The van der Waals surface area contributed by atoms with Crippen LogP contribution in [-0.4, -0.2) is 20.7 Å². The Balaban J connectivity index is 1.57. The van der Waals surface area contributed by atoms with Crippen LogP contribution in [0.5, 0.6) is 0 Å². The summed E-state index contributed by atoms with van der Waals surface area (Å²) < 4.78 is 1.80. The van der Waals surface area contributed by atoms with Gasteiger partial charge < -0.3 is 10.3 Å². The van der Waals surface area contributed by atoms with Crippen LogP contribution >= 0.6 is 0 Å². The second kappa shape index (κ2) is 6.59. The number of rotatable bonds is 4. The Morgan fingerprint density at radius 1 is 1.20 bits per heavy atom. The normalized spacial score (nSPS) is 13.5. The van der Waals surface area contributed by atoms with Crippen molar-refractivity contribution in [2.75, 3.05) is 5.32 Å². The van der Waals surface area contributed by atoms with Crippen molar-refractivity contribution in [3.8, 4) is 0 Å². The summed E-state index contributed by atoms with van der Waals surface area (Å²) in [5.74, 6) is 0.759. The lowest BCUT2D eigenvalue weighted by atomic mass is 9.97. The maximum absolute atomic E-state index is 12.8. The molecule has 2 aromatic heterocycles. The van der Waals surface area contributed by atoms with Crippen molar-refractivity contribution in [2.24, 2.45) is 7.05 Å². The van der Waals surface area contributed by atoms with E-state index in [2.05, 4.69) is 27.5 Å². The Kier molecular flexibility index (Phi) is 4.14. The van der Waals surface area contributed by atoms with Crippen LogP contribution in [0.2, 0.25) is 0 Å². The Morgan fingerprint density at radius 3 is 2.84 bits per heavy atom. The van der Waals surface area contributed by atoms with E-state index in [0.29, 0.717) is 5.56 Å². The van der Waals surface area contributed by atoms with Crippen LogP contribution in [0.25, 0.3) is 0 Å². The molecule has 4 rings (SSSR count). The summed E-state index contributed by atoms with van der Waals surface area (Å²) in [4.78, 5) is 15.9. The number of hydrogen-bond donors (Lipinski definition) is 2. The Hall–Kier alpha value is -2.82. The van der Waals surface area contributed by atoms with Gasteiger partial charge in [0.1, 0.15) is 5.82 Å². The lowest BCUT2D eigenvalue weighted by Crippen LogP contribution is -2.17. The summed E-state index contributed by atoms with van der Waals surface area (Å²) >= 11 is 0. The van der Waals surface area contributed by atoms with E-state index in [4.69, 9.17) is 0 Å². The van der Waals surface area contributed by atoms with Crippen LogP contribution in [0.1, 0.15) is 45.6 Å². The topological polar surface area (TPSA) is 62.7 Å². The molecule has 0 radical (unpaired) electrons. The van der Waals surface area contributed by atoms with E-state index in [-0.39, 0.29) is 5.91 Å². The highest BCUT2D eigenvalue weighted by atomic mass is 16.1. The van der Waals surface area contributed by atoms with Crippen molar-refractivity contribution in [2.45, 2.75) is 32.1 Å². The third-order valence-corrected chi connectivity index (χ3v) is 4.86. The molecular weight excluding hydrogens is 312 g/mol. The van der Waals surface area contributed by atoms with Gasteiger partial charge >= 0.3 is 0 Å². The highest BCUT2D eigenvalue weighted by Crippen LogP contribution is 2.28. The van der Waals surface area contributed by atoms with Gasteiger partial charge in [-0.1, -0.05) is 30.3 Å². The van der Waals surface area contributed by atoms with Crippen molar-refractivity contribution < 1.29 is 4.79 Å². The number of aromatic amines is 1. The summed E-state index contributed by atoms with van der Waals surface area (Å²) in [5, 5.41) is 7.66. The number of aromatic nitrogens is 3. The molecule has 25 heavy (non-hydrogen) atoms. The first-order valence-corrected chi connectivity index (χ1v) is 8.78. The number of aryl methyl sites for hydroxylation is 2. The van der Waals surface area contributed by atoms with Gasteiger partial charge in [0.15, 0.2) is 0 Å². The van der Waals surface area contributed by atoms with Crippen LogP contribution in [0.3, 0.4) is 0 Å². The van der Waals surface area contributed by atoms with Gasteiger partial charge in [-0.05, 0) is 43.2 Å². The number of nitrogens with one attached hydrogen (secondary N) is 2. The zero-order chi connectivity index (χ0) is 17.2. The van der Waals surface area contributed by atoms with E-state index in [1.54, 1.807) is 10.9 Å². The van der Waals surface area contributed by atoms with Gasteiger partial charge in [0.2, 0.25) is 0 Å². The second-order valence-electron chi connectivity index (χ2n) is 6.62. The van der Waals surface area contributed by atoms with Gasteiger partial charge in [-0.15, -0.1) is 0 Å². The molecule has 3 aromatic rings. The summed E-state index contributed by atoms with van der Waals surface area (Å²) in [5.41, 5.74) is 5.20. The quantitative estimate of drug-likeness (QED) is 0.767. The number of H-pyrrole nitrogens is 1. The Bertz CT molecular complexity index is 892. The van der Waals surface area contributed by atoms with Crippen LogP contribution < -0.4 is 5.32 Å². The molecule has 0 fully saturated rings. The second-order valence-corrected chi connectivity index (χ2v) is 6.62. The number of nitrogens with zero attached hydrogens (tertiary/aromatic N) is 2. The molecule has 1 aliphatic carbocycles. The molecule has 5 nitrogen and oxygen atoms in total. The molecule has 0 unspecified atom stereocenters. The maximum Gasteiger partial charge on any atom is 0.258 e.